The summed E-state index contributed by atoms with van der Waals surface area (Å²) in [6, 6.07) is 6.09. The third-order valence-corrected chi connectivity index (χ3v) is 2.56. The SMILES string of the molecule is Nc1nc(NCc2ccc(F)c(F)c2)ccc1[N+](=O)[O-]. The van der Waals surface area contributed by atoms with Crippen molar-refractivity contribution < 1.29 is 13.7 Å². The summed E-state index contributed by atoms with van der Waals surface area (Å²) in [5, 5.41) is 13.4. The van der Waals surface area contributed by atoms with Crippen LogP contribution in [0.1, 0.15) is 5.56 Å². The Balaban J connectivity index is 2.09. The van der Waals surface area contributed by atoms with Gasteiger partial charge in [0.2, 0.25) is 5.82 Å². The number of hydrogen-bond acceptors (Lipinski definition) is 5. The first-order chi connectivity index (χ1) is 9.47. The fourth-order valence-corrected chi connectivity index (χ4v) is 1.56. The Kier molecular flexibility index (Phi) is 3.74. The normalized spacial score (nSPS) is 10.3. The summed E-state index contributed by atoms with van der Waals surface area (Å²) in [6.07, 6.45) is 0. The molecule has 0 fully saturated rings. The van der Waals surface area contributed by atoms with Crippen LogP contribution < -0.4 is 11.1 Å². The maximum atomic E-state index is 13.0. The van der Waals surface area contributed by atoms with E-state index in [1.807, 2.05) is 0 Å². The summed E-state index contributed by atoms with van der Waals surface area (Å²) >= 11 is 0. The van der Waals surface area contributed by atoms with Crippen LogP contribution in [0.4, 0.5) is 26.1 Å². The highest BCUT2D eigenvalue weighted by Crippen LogP contribution is 2.21. The Morgan fingerprint density at radius 1 is 1.25 bits per heavy atom. The predicted molar refractivity (Wildman–Crippen MR) is 69.0 cm³/mol. The van der Waals surface area contributed by atoms with Crippen molar-refractivity contribution in [3.8, 4) is 0 Å². The van der Waals surface area contributed by atoms with Gasteiger partial charge in [0.05, 0.1) is 4.92 Å². The predicted octanol–water partition coefficient (Wildman–Crippen LogP) is 2.46. The molecule has 6 nitrogen and oxygen atoms in total. The van der Waals surface area contributed by atoms with Crippen LogP contribution in [0, 0.1) is 21.7 Å². The zero-order valence-corrected chi connectivity index (χ0v) is 10.1. The van der Waals surface area contributed by atoms with Crippen LogP contribution >= 0.6 is 0 Å². The molecule has 0 aliphatic rings. The van der Waals surface area contributed by atoms with Gasteiger partial charge in [0.1, 0.15) is 5.82 Å². The average molecular weight is 280 g/mol. The molecular formula is C12H10F2N4O2. The van der Waals surface area contributed by atoms with E-state index in [0.717, 1.165) is 12.1 Å². The van der Waals surface area contributed by atoms with Gasteiger partial charge in [-0.25, -0.2) is 13.8 Å². The molecule has 0 bridgehead atoms. The third kappa shape index (κ3) is 2.97. The second-order valence-electron chi connectivity index (χ2n) is 3.96. The van der Waals surface area contributed by atoms with Gasteiger partial charge >= 0.3 is 5.69 Å². The number of nitrogens with zero attached hydrogens (tertiary/aromatic N) is 2. The highest BCUT2D eigenvalue weighted by molar-refractivity contribution is 5.57. The minimum atomic E-state index is -0.944. The number of benzene rings is 1. The molecule has 0 radical (unpaired) electrons. The van der Waals surface area contributed by atoms with Crippen LogP contribution in [0.25, 0.3) is 0 Å². The van der Waals surface area contributed by atoms with E-state index in [2.05, 4.69) is 10.3 Å². The van der Waals surface area contributed by atoms with Gasteiger partial charge in [-0.05, 0) is 23.8 Å². The summed E-state index contributed by atoms with van der Waals surface area (Å²) < 4.78 is 25.7. The molecule has 0 spiro atoms. The zero-order valence-electron chi connectivity index (χ0n) is 10.1. The van der Waals surface area contributed by atoms with Gasteiger partial charge in [-0.3, -0.25) is 10.1 Å². The topological polar surface area (TPSA) is 94.1 Å². The van der Waals surface area contributed by atoms with Crippen molar-refractivity contribution in [3.63, 3.8) is 0 Å². The van der Waals surface area contributed by atoms with Crippen molar-refractivity contribution in [2.45, 2.75) is 6.54 Å². The average Bonchev–Trinajstić information content (AvgIpc) is 2.40. The molecule has 0 saturated heterocycles. The lowest BCUT2D eigenvalue weighted by Crippen LogP contribution is -2.05. The minimum Gasteiger partial charge on any atom is -0.378 e. The third-order valence-electron chi connectivity index (χ3n) is 2.56. The number of halogens is 2. The van der Waals surface area contributed by atoms with E-state index in [-0.39, 0.29) is 18.1 Å². The van der Waals surface area contributed by atoms with E-state index in [0.29, 0.717) is 11.4 Å². The zero-order chi connectivity index (χ0) is 14.7. The Bertz CT molecular complexity index is 664. The molecule has 0 saturated carbocycles. The lowest BCUT2D eigenvalue weighted by Gasteiger charge is -2.07. The summed E-state index contributed by atoms with van der Waals surface area (Å²) in [6.45, 7) is 0.182. The van der Waals surface area contributed by atoms with Crippen molar-refractivity contribution in [3.05, 3.63) is 57.6 Å². The Morgan fingerprint density at radius 3 is 2.60 bits per heavy atom. The fourth-order valence-electron chi connectivity index (χ4n) is 1.56. The van der Waals surface area contributed by atoms with E-state index in [1.54, 1.807) is 0 Å². The number of nitro groups is 1. The van der Waals surface area contributed by atoms with Gasteiger partial charge in [0.15, 0.2) is 11.6 Å². The van der Waals surface area contributed by atoms with Gasteiger partial charge in [-0.15, -0.1) is 0 Å². The standard InChI is InChI=1S/C12H10F2N4O2/c13-8-2-1-7(5-9(8)14)6-16-11-4-3-10(18(19)20)12(15)17-11/h1-5H,6H2,(H3,15,16,17). The monoisotopic (exact) mass is 280 g/mol. The maximum absolute atomic E-state index is 13.0. The molecule has 104 valence electrons. The molecule has 0 unspecified atom stereocenters. The summed E-state index contributed by atoms with van der Waals surface area (Å²) in [5.41, 5.74) is 5.65. The Labute approximate surface area is 112 Å². The van der Waals surface area contributed by atoms with Crippen LogP contribution in [-0.4, -0.2) is 9.91 Å². The number of nitrogens with two attached hydrogens (primary N) is 1. The number of hydrogen-bond donors (Lipinski definition) is 2. The van der Waals surface area contributed by atoms with Crippen molar-refractivity contribution in [1.29, 1.82) is 0 Å². The van der Waals surface area contributed by atoms with Crippen molar-refractivity contribution in [2.24, 2.45) is 0 Å². The first kappa shape index (κ1) is 13.7. The maximum Gasteiger partial charge on any atom is 0.311 e. The number of nitrogens with one attached hydrogen (secondary N) is 1. The minimum absolute atomic E-state index is 0.182. The van der Waals surface area contributed by atoms with Gasteiger partial charge in [0, 0.05) is 12.6 Å². The molecule has 0 amide bonds. The second kappa shape index (κ2) is 5.47. The van der Waals surface area contributed by atoms with E-state index in [1.165, 1.54) is 18.2 Å². The highest BCUT2D eigenvalue weighted by Gasteiger charge is 2.12. The van der Waals surface area contributed by atoms with Crippen molar-refractivity contribution in [1.82, 2.24) is 4.98 Å². The molecule has 1 heterocycles. The number of nitrogen functional groups attached to an aromatic ring is 1. The van der Waals surface area contributed by atoms with Crippen LogP contribution in [0.2, 0.25) is 0 Å². The summed E-state index contributed by atoms with van der Waals surface area (Å²) in [5.74, 6) is -1.78. The number of anilines is 2. The van der Waals surface area contributed by atoms with Crippen LogP contribution in [0.5, 0.6) is 0 Å². The number of rotatable bonds is 4. The largest absolute Gasteiger partial charge is 0.378 e. The van der Waals surface area contributed by atoms with E-state index >= 15 is 0 Å². The molecule has 8 heteroatoms. The van der Waals surface area contributed by atoms with Gasteiger partial charge in [0.25, 0.3) is 0 Å². The van der Waals surface area contributed by atoms with Crippen LogP contribution in [0.3, 0.4) is 0 Å². The molecule has 20 heavy (non-hydrogen) atoms. The van der Waals surface area contributed by atoms with E-state index in [4.69, 9.17) is 5.73 Å². The smallest absolute Gasteiger partial charge is 0.311 e. The number of aromatic nitrogens is 1. The highest BCUT2D eigenvalue weighted by atomic mass is 19.2. The molecule has 2 aromatic rings. The van der Waals surface area contributed by atoms with Crippen LogP contribution in [-0.2, 0) is 6.54 Å². The first-order valence-corrected chi connectivity index (χ1v) is 5.56. The van der Waals surface area contributed by atoms with E-state index in [9.17, 15) is 18.9 Å². The number of pyridine rings is 1. The fraction of sp³-hybridized carbons (Fsp3) is 0.0833. The molecule has 0 aliphatic heterocycles. The lowest BCUT2D eigenvalue weighted by molar-refractivity contribution is -0.384. The quantitative estimate of drug-likeness (QED) is 0.662. The molecule has 3 N–H and O–H groups in total. The Morgan fingerprint density at radius 2 is 2.00 bits per heavy atom. The van der Waals surface area contributed by atoms with E-state index < -0.39 is 16.6 Å². The molecule has 1 aromatic heterocycles. The molecular weight excluding hydrogens is 270 g/mol. The van der Waals surface area contributed by atoms with Crippen LogP contribution in [0.15, 0.2) is 30.3 Å². The molecule has 2 rings (SSSR count). The lowest BCUT2D eigenvalue weighted by atomic mass is 10.2. The van der Waals surface area contributed by atoms with Crippen molar-refractivity contribution in [2.75, 3.05) is 11.1 Å². The Hall–Kier alpha value is -2.77. The second-order valence-corrected chi connectivity index (χ2v) is 3.96. The molecule has 1 aromatic carbocycles. The van der Waals surface area contributed by atoms with Crippen molar-refractivity contribution >= 4 is 17.3 Å². The molecule has 0 aliphatic carbocycles. The summed E-state index contributed by atoms with van der Waals surface area (Å²) in [4.78, 5) is 13.7. The van der Waals surface area contributed by atoms with Gasteiger partial charge in [-0.1, -0.05) is 6.07 Å². The first-order valence-electron chi connectivity index (χ1n) is 5.56. The van der Waals surface area contributed by atoms with Gasteiger partial charge in [-0.2, -0.15) is 0 Å². The molecule has 0 atom stereocenters. The van der Waals surface area contributed by atoms with Gasteiger partial charge < -0.3 is 11.1 Å². The summed E-state index contributed by atoms with van der Waals surface area (Å²) in [7, 11) is 0.